The van der Waals surface area contributed by atoms with Gasteiger partial charge in [0.2, 0.25) is 0 Å². The number of carbonyl (C=O) groups excluding carboxylic acids is 1. The van der Waals surface area contributed by atoms with Crippen LogP contribution in [-0.4, -0.2) is 41.3 Å². The van der Waals surface area contributed by atoms with Gasteiger partial charge in [-0.3, -0.25) is 0 Å². The molecule has 0 radical (unpaired) electrons. The number of hydrogen-bond donors (Lipinski definition) is 3. The van der Waals surface area contributed by atoms with E-state index in [1.807, 2.05) is 58.9 Å². The Balaban J connectivity index is 2.62. The maximum atomic E-state index is 12.0. The smallest absolute Gasteiger partial charge is 0.321 e. The Hall–Kier alpha value is -1.59. The molecule has 0 bridgehead atoms. The molecule has 1 aromatic carbocycles. The molecule has 1 aromatic rings. The van der Waals surface area contributed by atoms with Crippen molar-refractivity contribution in [2.75, 3.05) is 25.0 Å². The Bertz CT molecular complexity index is 508. The predicted molar refractivity (Wildman–Crippen MR) is 100 cm³/mol. The van der Waals surface area contributed by atoms with Crippen LogP contribution in [0.5, 0.6) is 0 Å². The van der Waals surface area contributed by atoms with Gasteiger partial charge in [0.25, 0.3) is 0 Å². The summed E-state index contributed by atoms with van der Waals surface area (Å²) in [4.78, 5) is 13.8. The number of rotatable bonds is 8. The van der Waals surface area contributed by atoms with E-state index in [2.05, 4.69) is 17.6 Å². The van der Waals surface area contributed by atoms with E-state index in [9.17, 15) is 9.90 Å². The van der Waals surface area contributed by atoms with E-state index in [1.54, 1.807) is 4.90 Å². The third-order valence-corrected chi connectivity index (χ3v) is 4.72. The summed E-state index contributed by atoms with van der Waals surface area (Å²) in [6, 6.07) is 7.87. The van der Waals surface area contributed by atoms with Crippen LogP contribution in [0.2, 0.25) is 0 Å². The highest BCUT2D eigenvalue weighted by Crippen LogP contribution is 2.19. The molecule has 5 nitrogen and oxygen atoms in total. The molecule has 3 N–H and O–H groups in total. The highest BCUT2D eigenvalue weighted by atomic mass is 16.3. The van der Waals surface area contributed by atoms with E-state index in [-0.39, 0.29) is 18.0 Å². The van der Waals surface area contributed by atoms with Gasteiger partial charge in [-0.05, 0) is 51.3 Å². The monoisotopic (exact) mass is 335 g/mol. The van der Waals surface area contributed by atoms with Crippen molar-refractivity contribution in [3.63, 3.8) is 0 Å². The average Bonchev–Trinajstić information content (AvgIpc) is 2.54. The lowest BCUT2D eigenvalue weighted by atomic mass is 9.92. The molecular weight excluding hydrogens is 302 g/mol. The first-order valence-corrected chi connectivity index (χ1v) is 8.82. The molecule has 0 aliphatic rings. The van der Waals surface area contributed by atoms with Crippen molar-refractivity contribution in [1.29, 1.82) is 0 Å². The number of urea groups is 1. The molecule has 0 aliphatic carbocycles. The predicted octanol–water partition coefficient (Wildman–Crippen LogP) is 3.62. The van der Waals surface area contributed by atoms with Crippen molar-refractivity contribution in [3.8, 4) is 0 Å². The minimum Gasteiger partial charge on any atom is -0.389 e. The van der Waals surface area contributed by atoms with Gasteiger partial charge in [0, 0.05) is 31.4 Å². The van der Waals surface area contributed by atoms with Crippen LogP contribution in [0, 0.1) is 5.92 Å². The highest BCUT2D eigenvalue weighted by Gasteiger charge is 2.25. The number of nitrogens with one attached hydrogen (secondary N) is 2. The summed E-state index contributed by atoms with van der Waals surface area (Å²) in [5.74, 6) is 0.190. The maximum absolute atomic E-state index is 12.0. The van der Waals surface area contributed by atoms with Gasteiger partial charge in [-0.2, -0.15) is 0 Å². The molecule has 0 spiro atoms. The second kappa shape index (κ2) is 9.04. The Labute approximate surface area is 146 Å². The largest absolute Gasteiger partial charge is 0.389 e. The van der Waals surface area contributed by atoms with Crippen LogP contribution in [0.1, 0.15) is 53.1 Å². The number of carbonyl (C=O) groups is 1. The standard InChI is InChI=1S/C19H33N3O2/c1-7-22(8-2)18(23)21-17-11-9-16(10-12-17)15(5)20-13-19(6,24)14(3)4/h9-12,14-15,20,24H,7-8,13H2,1-6H3,(H,21,23). The third kappa shape index (κ3) is 5.80. The number of benzene rings is 1. The Morgan fingerprint density at radius 3 is 2.17 bits per heavy atom. The quantitative estimate of drug-likeness (QED) is 0.680. The van der Waals surface area contributed by atoms with Gasteiger partial charge < -0.3 is 20.6 Å². The summed E-state index contributed by atoms with van der Waals surface area (Å²) in [5, 5.41) is 16.6. The molecule has 0 aromatic heterocycles. The van der Waals surface area contributed by atoms with E-state index in [0.29, 0.717) is 19.6 Å². The molecule has 0 heterocycles. The second-order valence-corrected chi connectivity index (χ2v) is 6.84. The number of amides is 2. The molecule has 24 heavy (non-hydrogen) atoms. The number of hydrogen-bond acceptors (Lipinski definition) is 3. The zero-order chi connectivity index (χ0) is 18.3. The van der Waals surface area contributed by atoms with E-state index in [4.69, 9.17) is 0 Å². The molecule has 2 atom stereocenters. The zero-order valence-electron chi connectivity index (χ0n) is 15.9. The van der Waals surface area contributed by atoms with Gasteiger partial charge in [0.1, 0.15) is 0 Å². The zero-order valence-corrected chi connectivity index (χ0v) is 15.9. The summed E-state index contributed by atoms with van der Waals surface area (Å²) in [6.07, 6.45) is 0. The SMILES string of the molecule is CCN(CC)C(=O)Nc1ccc(C(C)NCC(C)(O)C(C)C)cc1. The van der Waals surface area contributed by atoms with Crippen LogP contribution >= 0.6 is 0 Å². The molecule has 0 saturated heterocycles. The lowest BCUT2D eigenvalue weighted by molar-refractivity contribution is 0.0122. The fraction of sp³-hybridized carbons (Fsp3) is 0.632. The summed E-state index contributed by atoms with van der Waals surface area (Å²) < 4.78 is 0. The summed E-state index contributed by atoms with van der Waals surface area (Å²) in [5.41, 5.74) is 1.18. The normalized spacial score (nSPS) is 15.0. The van der Waals surface area contributed by atoms with Crippen molar-refractivity contribution < 1.29 is 9.90 Å². The lowest BCUT2D eigenvalue weighted by Gasteiger charge is -2.29. The fourth-order valence-electron chi connectivity index (χ4n) is 2.25. The minimum atomic E-state index is -0.730. The van der Waals surface area contributed by atoms with Gasteiger partial charge in [-0.1, -0.05) is 26.0 Å². The van der Waals surface area contributed by atoms with Crippen LogP contribution < -0.4 is 10.6 Å². The second-order valence-electron chi connectivity index (χ2n) is 6.84. The Kier molecular flexibility index (Phi) is 7.70. The van der Waals surface area contributed by atoms with Crippen LogP contribution in [0.3, 0.4) is 0 Å². The summed E-state index contributed by atoms with van der Waals surface area (Å²) >= 11 is 0. The van der Waals surface area contributed by atoms with Crippen molar-refractivity contribution in [1.82, 2.24) is 10.2 Å². The van der Waals surface area contributed by atoms with Gasteiger partial charge in [0.05, 0.1) is 5.60 Å². The fourth-order valence-corrected chi connectivity index (χ4v) is 2.25. The molecule has 0 fully saturated rings. The summed E-state index contributed by atoms with van der Waals surface area (Å²) in [7, 11) is 0. The summed E-state index contributed by atoms with van der Waals surface area (Å²) in [6.45, 7) is 13.8. The first kappa shape index (κ1) is 20.5. The van der Waals surface area contributed by atoms with Crippen LogP contribution in [0.4, 0.5) is 10.5 Å². The Morgan fingerprint density at radius 1 is 1.17 bits per heavy atom. The first-order chi connectivity index (χ1) is 11.2. The van der Waals surface area contributed by atoms with Crippen molar-refractivity contribution in [2.24, 2.45) is 5.92 Å². The van der Waals surface area contributed by atoms with E-state index < -0.39 is 5.60 Å². The first-order valence-electron chi connectivity index (χ1n) is 8.82. The average molecular weight is 335 g/mol. The molecule has 2 amide bonds. The van der Waals surface area contributed by atoms with Crippen molar-refractivity contribution in [3.05, 3.63) is 29.8 Å². The lowest BCUT2D eigenvalue weighted by Crippen LogP contribution is -2.42. The highest BCUT2D eigenvalue weighted by molar-refractivity contribution is 5.89. The minimum absolute atomic E-state index is 0.0769. The van der Waals surface area contributed by atoms with Crippen LogP contribution in [0.25, 0.3) is 0 Å². The van der Waals surface area contributed by atoms with Gasteiger partial charge in [-0.15, -0.1) is 0 Å². The molecule has 0 aliphatic heterocycles. The van der Waals surface area contributed by atoms with Crippen molar-refractivity contribution >= 4 is 11.7 Å². The van der Waals surface area contributed by atoms with Gasteiger partial charge >= 0.3 is 6.03 Å². The Morgan fingerprint density at radius 2 is 1.71 bits per heavy atom. The van der Waals surface area contributed by atoms with E-state index in [0.717, 1.165) is 11.3 Å². The van der Waals surface area contributed by atoms with Gasteiger partial charge in [-0.25, -0.2) is 4.79 Å². The molecule has 0 saturated carbocycles. The van der Waals surface area contributed by atoms with Crippen molar-refractivity contribution in [2.45, 2.75) is 53.2 Å². The van der Waals surface area contributed by atoms with Crippen LogP contribution in [0.15, 0.2) is 24.3 Å². The number of anilines is 1. The molecule has 136 valence electrons. The molecular formula is C19H33N3O2. The maximum Gasteiger partial charge on any atom is 0.321 e. The van der Waals surface area contributed by atoms with E-state index in [1.165, 1.54) is 0 Å². The number of nitrogens with zero attached hydrogens (tertiary/aromatic N) is 1. The van der Waals surface area contributed by atoms with E-state index >= 15 is 0 Å². The molecule has 2 unspecified atom stereocenters. The van der Waals surface area contributed by atoms with Crippen LogP contribution in [-0.2, 0) is 0 Å². The molecule has 1 rings (SSSR count). The molecule has 5 heteroatoms. The third-order valence-electron chi connectivity index (χ3n) is 4.72. The number of aliphatic hydroxyl groups is 1. The topological polar surface area (TPSA) is 64.6 Å². The van der Waals surface area contributed by atoms with Gasteiger partial charge in [0.15, 0.2) is 0 Å².